The zero-order chi connectivity index (χ0) is 18.1. The van der Waals surface area contributed by atoms with E-state index in [1.165, 1.54) is 0 Å². The number of esters is 1. The molecule has 0 fully saturated rings. The van der Waals surface area contributed by atoms with Gasteiger partial charge in [-0.2, -0.15) is 0 Å². The number of carbonyl (C=O) groups excluding carboxylic acids is 1. The maximum absolute atomic E-state index is 12.0. The van der Waals surface area contributed by atoms with Gasteiger partial charge in [-0.05, 0) is 31.0 Å². The highest BCUT2D eigenvalue weighted by Crippen LogP contribution is 2.23. The molecule has 2 aromatic carbocycles. The summed E-state index contributed by atoms with van der Waals surface area (Å²) in [6, 6.07) is 18.4. The van der Waals surface area contributed by atoms with Crippen LogP contribution in [0.1, 0.15) is 29.3 Å². The lowest BCUT2D eigenvalue weighted by Crippen LogP contribution is -2.44. The van der Waals surface area contributed by atoms with E-state index in [0.29, 0.717) is 18.6 Å². The van der Waals surface area contributed by atoms with Crippen molar-refractivity contribution in [3.63, 3.8) is 0 Å². The van der Waals surface area contributed by atoms with Crippen LogP contribution in [0.15, 0.2) is 73.3 Å². The summed E-state index contributed by atoms with van der Waals surface area (Å²) in [6.45, 7) is 5.73. The van der Waals surface area contributed by atoms with Crippen LogP contribution in [0.2, 0.25) is 0 Å². The SMILES string of the molecule is C=CC[C@](C)(OCc1ccccc1)[C@H](O)COC(=O)c1ccccc1. The quantitative estimate of drug-likeness (QED) is 0.558. The zero-order valence-corrected chi connectivity index (χ0v) is 14.4. The highest BCUT2D eigenvalue weighted by atomic mass is 16.6. The number of benzene rings is 2. The third kappa shape index (κ3) is 5.55. The molecule has 0 saturated heterocycles. The molecule has 0 amide bonds. The minimum atomic E-state index is -0.970. The van der Waals surface area contributed by atoms with E-state index < -0.39 is 17.7 Å². The number of rotatable bonds is 9. The second kappa shape index (κ2) is 9.16. The van der Waals surface area contributed by atoms with Gasteiger partial charge >= 0.3 is 5.97 Å². The van der Waals surface area contributed by atoms with Gasteiger partial charge in [0.15, 0.2) is 0 Å². The predicted molar refractivity (Wildman–Crippen MR) is 97.2 cm³/mol. The van der Waals surface area contributed by atoms with Crippen LogP contribution >= 0.6 is 0 Å². The van der Waals surface area contributed by atoms with Crippen molar-refractivity contribution in [2.45, 2.75) is 31.7 Å². The first-order valence-corrected chi connectivity index (χ1v) is 8.24. The molecule has 4 heteroatoms. The number of aliphatic hydroxyl groups excluding tert-OH is 1. The van der Waals surface area contributed by atoms with Gasteiger partial charge in [0.25, 0.3) is 0 Å². The maximum Gasteiger partial charge on any atom is 0.338 e. The molecule has 0 spiro atoms. The molecule has 132 valence electrons. The first kappa shape index (κ1) is 18.9. The van der Waals surface area contributed by atoms with Crippen molar-refractivity contribution >= 4 is 5.97 Å². The Labute approximate surface area is 148 Å². The van der Waals surface area contributed by atoms with Gasteiger partial charge in [-0.3, -0.25) is 0 Å². The van der Waals surface area contributed by atoms with E-state index in [-0.39, 0.29) is 6.61 Å². The molecule has 0 aromatic heterocycles. The van der Waals surface area contributed by atoms with Crippen LogP contribution in [0.3, 0.4) is 0 Å². The third-order valence-corrected chi connectivity index (χ3v) is 4.05. The molecule has 0 bridgehead atoms. The summed E-state index contributed by atoms with van der Waals surface area (Å²) >= 11 is 0. The Bertz CT molecular complexity index is 669. The Morgan fingerprint density at radius 2 is 1.76 bits per heavy atom. The van der Waals surface area contributed by atoms with E-state index >= 15 is 0 Å². The van der Waals surface area contributed by atoms with Crippen LogP contribution in [0, 0.1) is 0 Å². The van der Waals surface area contributed by atoms with Gasteiger partial charge in [-0.1, -0.05) is 54.6 Å². The summed E-state index contributed by atoms with van der Waals surface area (Å²) in [6.07, 6.45) is 1.15. The normalized spacial score (nSPS) is 14.3. The summed E-state index contributed by atoms with van der Waals surface area (Å²) in [5, 5.41) is 10.5. The first-order chi connectivity index (χ1) is 12.0. The minimum Gasteiger partial charge on any atom is -0.459 e. The summed E-state index contributed by atoms with van der Waals surface area (Å²) in [5.41, 5.74) is 0.561. The van der Waals surface area contributed by atoms with E-state index in [1.54, 1.807) is 37.3 Å². The molecule has 25 heavy (non-hydrogen) atoms. The van der Waals surface area contributed by atoms with Gasteiger partial charge < -0.3 is 14.6 Å². The van der Waals surface area contributed by atoms with E-state index in [2.05, 4.69) is 6.58 Å². The molecule has 4 nitrogen and oxygen atoms in total. The number of hydrogen-bond donors (Lipinski definition) is 1. The van der Waals surface area contributed by atoms with Crippen molar-refractivity contribution in [2.24, 2.45) is 0 Å². The van der Waals surface area contributed by atoms with Crippen molar-refractivity contribution in [1.82, 2.24) is 0 Å². The summed E-state index contributed by atoms with van der Waals surface area (Å²) in [7, 11) is 0. The Hall–Kier alpha value is -2.43. The van der Waals surface area contributed by atoms with Crippen molar-refractivity contribution in [1.29, 1.82) is 0 Å². The lowest BCUT2D eigenvalue weighted by molar-refractivity contribution is -0.133. The fourth-order valence-corrected chi connectivity index (χ4v) is 2.39. The van der Waals surface area contributed by atoms with Crippen LogP contribution < -0.4 is 0 Å². The smallest absolute Gasteiger partial charge is 0.338 e. The number of carbonyl (C=O) groups is 1. The van der Waals surface area contributed by atoms with Crippen molar-refractivity contribution in [3.8, 4) is 0 Å². The van der Waals surface area contributed by atoms with Gasteiger partial charge in [0.1, 0.15) is 12.7 Å². The molecule has 0 aliphatic carbocycles. The number of hydrogen-bond acceptors (Lipinski definition) is 4. The van der Waals surface area contributed by atoms with Crippen molar-refractivity contribution in [3.05, 3.63) is 84.4 Å². The second-order valence-corrected chi connectivity index (χ2v) is 6.06. The van der Waals surface area contributed by atoms with E-state index in [9.17, 15) is 9.90 Å². The average Bonchev–Trinajstić information content (AvgIpc) is 2.66. The lowest BCUT2D eigenvalue weighted by atomic mass is 9.95. The van der Waals surface area contributed by atoms with E-state index in [0.717, 1.165) is 5.56 Å². The molecule has 2 rings (SSSR count). The van der Waals surface area contributed by atoms with E-state index in [4.69, 9.17) is 9.47 Å². The van der Waals surface area contributed by atoms with Gasteiger partial charge in [0.05, 0.1) is 17.8 Å². The predicted octanol–water partition coefficient (Wildman–Crippen LogP) is 3.76. The molecule has 0 saturated carbocycles. The molecule has 0 heterocycles. The monoisotopic (exact) mass is 340 g/mol. The molecule has 2 aromatic rings. The highest BCUT2D eigenvalue weighted by Gasteiger charge is 2.34. The molecule has 0 radical (unpaired) electrons. The zero-order valence-electron chi connectivity index (χ0n) is 14.4. The van der Waals surface area contributed by atoms with Gasteiger partial charge in [0.2, 0.25) is 0 Å². The second-order valence-electron chi connectivity index (χ2n) is 6.06. The van der Waals surface area contributed by atoms with Crippen LogP contribution in [0.4, 0.5) is 0 Å². The molecule has 0 aliphatic rings. The summed E-state index contributed by atoms with van der Waals surface area (Å²) in [5.74, 6) is -0.469. The fraction of sp³-hybridized carbons (Fsp3) is 0.286. The molecule has 2 atom stereocenters. The molecule has 1 N–H and O–H groups in total. The van der Waals surface area contributed by atoms with Crippen LogP contribution in [0.25, 0.3) is 0 Å². The summed E-state index contributed by atoms with van der Waals surface area (Å²) < 4.78 is 11.2. The molecule has 0 unspecified atom stereocenters. The van der Waals surface area contributed by atoms with Gasteiger partial charge in [-0.25, -0.2) is 4.79 Å². The lowest BCUT2D eigenvalue weighted by Gasteiger charge is -2.33. The van der Waals surface area contributed by atoms with Crippen LogP contribution in [-0.2, 0) is 16.1 Å². The van der Waals surface area contributed by atoms with Crippen molar-refractivity contribution in [2.75, 3.05) is 6.61 Å². The Morgan fingerprint density at radius 1 is 1.16 bits per heavy atom. The Balaban J connectivity index is 1.95. The van der Waals surface area contributed by atoms with Gasteiger partial charge in [-0.15, -0.1) is 6.58 Å². The van der Waals surface area contributed by atoms with Crippen LogP contribution in [0.5, 0.6) is 0 Å². The molecular formula is C21H24O4. The van der Waals surface area contributed by atoms with E-state index in [1.807, 2.05) is 36.4 Å². The highest BCUT2D eigenvalue weighted by molar-refractivity contribution is 5.89. The number of aliphatic hydroxyl groups is 1. The maximum atomic E-state index is 12.0. The van der Waals surface area contributed by atoms with Gasteiger partial charge in [0, 0.05) is 0 Å². The molecule has 0 aliphatic heterocycles. The standard InChI is InChI=1S/C21H24O4/c1-3-14-21(2,25-15-17-10-6-4-7-11-17)19(22)16-24-20(23)18-12-8-5-9-13-18/h3-13,19,22H,1,14-16H2,2H3/t19-,21+/m1/s1. The fourth-order valence-electron chi connectivity index (χ4n) is 2.39. The summed E-state index contributed by atoms with van der Waals surface area (Å²) in [4.78, 5) is 12.0. The molecular weight excluding hydrogens is 316 g/mol. The number of ether oxygens (including phenoxy) is 2. The van der Waals surface area contributed by atoms with Crippen molar-refractivity contribution < 1.29 is 19.4 Å². The Morgan fingerprint density at radius 3 is 2.36 bits per heavy atom. The van der Waals surface area contributed by atoms with Crippen LogP contribution in [-0.4, -0.2) is 29.4 Å². The first-order valence-electron chi connectivity index (χ1n) is 8.24. The Kier molecular flexibility index (Phi) is 6.92. The minimum absolute atomic E-state index is 0.146. The topological polar surface area (TPSA) is 55.8 Å². The average molecular weight is 340 g/mol. The largest absolute Gasteiger partial charge is 0.459 e. The third-order valence-electron chi connectivity index (χ3n) is 4.05.